The number of hydrogen-bond acceptors (Lipinski definition) is 7. The first-order chi connectivity index (χ1) is 14.5. The number of amides is 1. The van der Waals surface area contributed by atoms with Gasteiger partial charge >= 0.3 is 0 Å². The first-order valence-electron chi connectivity index (χ1n) is 8.75. The van der Waals surface area contributed by atoms with Crippen molar-refractivity contribution in [2.45, 2.75) is 5.16 Å². The number of benzene rings is 2. The van der Waals surface area contributed by atoms with Gasteiger partial charge in [-0.05, 0) is 17.7 Å². The second-order valence-corrected chi connectivity index (χ2v) is 8.03. The number of thioether (sulfide) groups is 1. The lowest BCUT2D eigenvalue weighted by atomic mass is 10.1. The molecular formula is C20H14N4O4S2. The number of rotatable bonds is 6. The van der Waals surface area contributed by atoms with Crippen LogP contribution >= 0.6 is 23.1 Å². The molecule has 2 heterocycles. The molecule has 2 N–H and O–H groups in total. The zero-order valence-corrected chi connectivity index (χ0v) is 17.0. The largest absolute Gasteiger partial charge is 0.325 e. The molecule has 0 bridgehead atoms. The molecule has 2 aromatic heterocycles. The van der Waals surface area contributed by atoms with Crippen molar-refractivity contribution in [2.75, 3.05) is 11.1 Å². The van der Waals surface area contributed by atoms with Crippen LogP contribution < -0.4 is 10.9 Å². The number of nitrogens with one attached hydrogen (secondary N) is 2. The number of non-ortho nitro benzene ring substituents is 1. The fourth-order valence-electron chi connectivity index (χ4n) is 2.83. The molecule has 0 unspecified atom stereocenters. The fraction of sp³-hybridized carbons (Fsp3) is 0.0500. The molecule has 4 rings (SSSR count). The van der Waals surface area contributed by atoms with Gasteiger partial charge in [-0.15, -0.1) is 11.3 Å². The van der Waals surface area contributed by atoms with Crippen molar-refractivity contribution >= 4 is 50.6 Å². The second-order valence-electron chi connectivity index (χ2n) is 6.21. The summed E-state index contributed by atoms with van der Waals surface area (Å²) in [5.74, 6) is -0.282. The lowest BCUT2D eigenvalue weighted by Gasteiger charge is -2.05. The topological polar surface area (TPSA) is 118 Å². The van der Waals surface area contributed by atoms with Crippen molar-refractivity contribution in [2.24, 2.45) is 0 Å². The average Bonchev–Trinajstić information content (AvgIpc) is 3.18. The average molecular weight is 438 g/mol. The number of H-pyrrole nitrogens is 1. The molecule has 1 amide bonds. The van der Waals surface area contributed by atoms with Crippen molar-refractivity contribution in [3.63, 3.8) is 0 Å². The first kappa shape index (κ1) is 19.8. The third kappa shape index (κ3) is 4.24. The van der Waals surface area contributed by atoms with Crippen LogP contribution in [0.4, 0.5) is 11.4 Å². The van der Waals surface area contributed by atoms with Crippen LogP contribution in [-0.4, -0.2) is 26.6 Å². The molecule has 0 aliphatic rings. The Morgan fingerprint density at radius 2 is 1.90 bits per heavy atom. The minimum atomic E-state index is -0.507. The molecule has 150 valence electrons. The summed E-state index contributed by atoms with van der Waals surface area (Å²) in [5.41, 5.74) is 1.92. The van der Waals surface area contributed by atoms with Gasteiger partial charge in [-0.2, -0.15) is 0 Å². The van der Waals surface area contributed by atoms with E-state index in [-0.39, 0.29) is 22.9 Å². The predicted molar refractivity (Wildman–Crippen MR) is 118 cm³/mol. The van der Waals surface area contributed by atoms with Crippen LogP contribution in [0, 0.1) is 10.1 Å². The van der Waals surface area contributed by atoms with Gasteiger partial charge in [0.05, 0.1) is 16.1 Å². The van der Waals surface area contributed by atoms with E-state index < -0.39 is 4.92 Å². The van der Waals surface area contributed by atoms with Gasteiger partial charge in [-0.3, -0.25) is 19.7 Å². The maximum absolute atomic E-state index is 12.6. The van der Waals surface area contributed by atoms with E-state index in [9.17, 15) is 19.7 Å². The van der Waals surface area contributed by atoms with Gasteiger partial charge in [-0.1, -0.05) is 42.1 Å². The van der Waals surface area contributed by atoms with Crippen LogP contribution in [0.2, 0.25) is 0 Å². The summed E-state index contributed by atoms with van der Waals surface area (Å²) in [6, 6.07) is 15.2. The highest BCUT2D eigenvalue weighted by Crippen LogP contribution is 2.31. The van der Waals surface area contributed by atoms with E-state index in [0.29, 0.717) is 21.1 Å². The van der Waals surface area contributed by atoms with E-state index in [2.05, 4.69) is 15.3 Å². The Labute approximate surface area is 178 Å². The van der Waals surface area contributed by atoms with Crippen LogP contribution in [0.25, 0.3) is 21.3 Å². The SMILES string of the molecule is O=C(CSc1nc2scc(-c3ccccc3)c2c(=O)[nH]1)Nc1ccc([N+](=O)[O-])cc1. The van der Waals surface area contributed by atoms with Crippen molar-refractivity contribution in [1.29, 1.82) is 0 Å². The van der Waals surface area contributed by atoms with Crippen molar-refractivity contribution in [3.8, 4) is 11.1 Å². The third-order valence-electron chi connectivity index (χ3n) is 4.21. The number of fused-ring (bicyclic) bond motifs is 1. The Balaban J connectivity index is 1.46. The van der Waals surface area contributed by atoms with Crippen molar-refractivity contribution in [1.82, 2.24) is 9.97 Å². The summed E-state index contributed by atoms with van der Waals surface area (Å²) < 4.78 is 0. The molecule has 0 saturated carbocycles. The number of thiophene rings is 1. The van der Waals surface area contributed by atoms with Gasteiger partial charge in [0, 0.05) is 28.8 Å². The van der Waals surface area contributed by atoms with Crippen LogP contribution in [0.1, 0.15) is 0 Å². The summed E-state index contributed by atoms with van der Waals surface area (Å²) in [6.07, 6.45) is 0. The summed E-state index contributed by atoms with van der Waals surface area (Å²) in [6.45, 7) is 0. The van der Waals surface area contributed by atoms with Crippen LogP contribution in [0.15, 0.2) is 69.9 Å². The highest BCUT2D eigenvalue weighted by Gasteiger charge is 2.14. The molecule has 2 aromatic carbocycles. The molecule has 0 aliphatic carbocycles. The molecule has 30 heavy (non-hydrogen) atoms. The van der Waals surface area contributed by atoms with Gasteiger partial charge in [0.1, 0.15) is 4.83 Å². The lowest BCUT2D eigenvalue weighted by Crippen LogP contribution is -2.15. The summed E-state index contributed by atoms with van der Waals surface area (Å²) >= 11 is 2.49. The van der Waals surface area contributed by atoms with E-state index in [4.69, 9.17) is 0 Å². The minimum absolute atomic E-state index is 0.0301. The van der Waals surface area contributed by atoms with E-state index in [1.165, 1.54) is 35.6 Å². The molecule has 0 radical (unpaired) electrons. The number of aromatic nitrogens is 2. The Morgan fingerprint density at radius 1 is 1.17 bits per heavy atom. The highest BCUT2D eigenvalue weighted by molar-refractivity contribution is 7.99. The zero-order chi connectivity index (χ0) is 21.1. The molecule has 0 spiro atoms. The predicted octanol–water partition coefficient (Wildman–Crippen LogP) is 4.29. The molecular weight excluding hydrogens is 424 g/mol. The molecule has 0 fully saturated rings. The number of nitro groups is 1. The Bertz CT molecular complexity index is 1280. The minimum Gasteiger partial charge on any atom is -0.325 e. The highest BCUT2D eigenvalue weighted by atomic mass is 32.2. The normalized spacial score (nSPS) is 10.8. The first-order valence-corrected chi connectivity index (χ1v) is 10.6. The fourth-order valence-corrected chi connectivity index (χ4v) is 4.49. The maximum Gasteiger partial charge on any atom is 0.269 e. The molecule has 4 aromatic rings. The monoisotopic (exact) mass is 438 g/mol. The van der Waals surface area contributed by atoms with E-state index >= 15 is 0 Å². The van der Waals surface area contributed by atoms with Gasteiger partial charge in [0.25, 0.3) is 11.2 Å². The third-order valence-corrected chi connectivity index (χ3v) is 5.95. The smallest absolute Gasteiger partial charge is 0.269 e. The number of aromatic amines is 1. The number of nitro benzene ring substituents is 1. The van der Waals surface area contributed by atoms with Crippen molar-refractivity contribution < 1.29 is 9.72 Å². The number of hydrogen-bond donors (Lipinski definition) is 2. The number of carbonyl (C=O) groups is 1. The maximum atomic E-state index is 12.6. The molecule has 0 atom stereocenters. The van der Waals surface area contributed by atoms with Crippen LogP contribution in [0.5, 0.6) is 0 Å². The number of carbonyl (C=O) groups excluding carboxylic acids is 1. The zero-order valence-electron chi connectivity index (χ0n) is 15.3. The Kier molecular flexibility index (Phi) is 5.59. The number of anilines is 1. The second kappa shape index (κ2) is 8.47. The molecule has 10 heteroatoms. The van der Waals surface area contributed by atoms with E-state index in [1.807, 2.05) is 35.7 Å². The van der Waals surface area contributed by atoms with Gasteiger partial charge in [-0.25, -0.2) is 4.98 Å². The van der Waals surface area contributed by atoms with Crippen LogP contribution in [-0.2, 0) is 4.79 Å². The van der Waals surface area contributed by atoms with Crippen molar-refractivity contribution in [3.05, 3.63) is 80.4 Å². The molecule has 0 saturated heterocycles. The Hall–Kier alpha value is -3.50. The lowest BCUT2D eigenvalue weighted by molar-refractivity contribution is -0.384. The number of nitrogens with zero attached hydrogens (tertiary/aromatic N) is 2. The quantitative estimate of drug-likeness (QED) is 0.201. The van der Waals surface area contributed by atoms with Crippen LogP contribution in [0.3, 0.4) is 0 Å². The summed E-state index contributed by atoms with van der Waals surface area (Å²) in [5, 5.41) is 16.1. The summed E-state index contributed by atoms with van der Waals surface area (Å²) in [4.78, 5) is 42.8. The van der Waals surface area contributed by atoms with Gasteiger partial charge < -0.3 is 10.3 Å². The van der Waals surface area contributed by atoms with Gasteiger partial charge in [0.15, 0.2) is 5.16 Å². The van der Waals surface area contributed by atoms with E-state index in [1.54, 1.807) is 0 Å². The standard InChI is InChI=1S/C20H14N4O4S2/c25-16(21-13-6-8-14(9-7-13)24(27)28)11-30-20-22-18(26)17-15(10-29-19(17)23-20)12-4-2-1-3-5-12/h1-10H,11H2,(H,21,25)(H,22,23,26). The van der Waals surface area contributed by atoms with E-state index in [0.717, 1.165) is 22.9 Å². The molecule has 0 aliphatic heterocycles. The van der Waals surface area contributed by atoms with Gasteiger partial charge in [0.2, 0.25) is 5.91 Å². The Morgan fingerprint density at radius 3 is 2.60 bits per heavy atom. The summed E-state index contributed by atoms with van der Waals surface area (Å²) in [7, 11) is 0. The molecule has 8 nitrogen and oxygen atoms in total.